The van der Waals surface area contributed by atoms with Crippen molar-refractivity contribution in [2.45, 2.75) is 104 Å². The van der Waals surface area contributed by atoms with Crippen LogP contribution < -0.4 is 5.32 Å². The molecule has 14 heteroatoms. The number of benzene rings is 1. The van der Waals surface area contributed by atoms with Crippen LogP contribution in [-0.2, 0) is 42.9 Å². The molecule has 1 aliphatic heterocycles. The fourth-order valence-corrected chi connectivity index (χ4v) is 6.23. The van der Waals surface area contributed by atoms with Crippen molar-refractivity contribution in [3.8, 4) is 0 Å². The van der Waals surface area contributed by atoms with E-state index in [0.29, 0.717) is 34.5 Å². The van der Waals surface area contributed by atoms with Crippen molar-refractivity contribution in [1.29, 1.82) is 0 Å². The average Bonchev–Trinajstić information content (AvgIpc) is 3.13. The minimum absolute atomic E-state index is 0.00614. The number of allylic oxidation sites excluding steroid dienone is 4. The Morgan fingerprint density at radius 2 is 1.39 bits per heavy atom. The zero-order valence-electron chi connectivity index (χ0n) is 32.8. The highest BCUT2D eigenvalue weighted by atomic mass is 16.6. The quantitative estimate of drug-likeness (QED) is 0.0487. The molecule has 0 fully saturated rings. The summed E-state index contributed by atoms with van der Waals surface area (Å²) < 4.78 is 25.7. The summed E-state index contributed by atoms with van der Waals surface area (Å²) in [6.45, 7) is 9.02. The number of hydrogen-bond acceptors (Lipinski definition) is 13. The number of carbonyl (C=O) groups is 4. The Kier molecular flexibility index (Phi) is 19.4. The monoisotopic (exact) mass is 756 g/mol. The molecular formula is C40H56N2O12. The normalized spacial score (nSPS) is 15.9. The Morgan fingerprint density at radius 1 is 0.833 bits per heavy atom. The number of carbonyl (C=O) groups excluding carboxylic acids is 4. The zero-order chi connectivity index (χ0) is 40.4. The number of Topliss-reactive ketones (excluding diaryl/α,β-unsaturated/α-hetero) is 2. The molecule has 14 nitrogen and oxygen atoms in total. The fraction of sp³-hybridized carbons (Fsp3) is 0.550. The van der Waals surface area contributed by atoms with E-state index in [9.17, 15) is 29.3 Å². The molecule has 0 aromatic heterocycles. The number of nitro groups is 1. The largest absolute Gasteiger partial charge is 0.489 e. The smallest absolute Gasteiger partial charge is 0.337 e. The third-order valence-electron chi connectivity index (χ3n) is 8.91. The van der Waals surface area contributed by atoms with Crippen LogP contribution in [-0.4, -0.2) is 80.8 Å². The number of ketones is 2. The maximum Gasteiger partial charge on any atom is 0.337 e. The number of aliphatic hydroxyl groups is 1. The van der Waals surface area contributed by atoms with Gasteiger partial charge in [-0.25, -0.2) is 9.59 Å². The highest BCUT2D eigenvalue weighted by Crippen LogP contribution is 2.40. The molecule has 1 aromatic rings. The molecule has 54 heavy (non-hydrogen) atoms. The first kappa shape index (κ1) is 45.3. The van der Waals surface area contributed by atoms with E-state index in [0.717, 1.165) is 32.1 Å². The molecule has 0 saturated carbocycles. The van der Waals surface area contributed by atoms with Crippen LogP contribution in [0.5, 0.6) is 0 Å². The van der Waals surface area contributed by atoms with Gasteiger partial charge in [-0.2, -0.15) is 0 Å². The van der Waals surface area contributed by atoms with E-state index in [1.54, 1.807) is 40.7 Å². The Labute approximate surface area is 317 Å². The molecular weight excluding hydrogens is 700 g/mol. The van der Waals surface area contributed by atoms with Gasteiger partial charge in [-0.3, -0.25) is 19.7 Å². The summed E-state index contributed by atoms with van der Waals surface area (Å²) in [5, 5.41) is 23.0. The molecule has 0 saturated heterocycles. The van der Waals surface area contributed by atoms with Gasteiger partial charge in [-0.1, -0.05) is 50.7 Å². The average molecular weight is 757 g/mol. The number of dihydropyridines is 1. The summed E-state index contributed by atoms with van der Waals surface area (Å²) in [5.41, 5.74) is 2.68. The van der Waals surface area contributed by atoms with Crippen LogP contribution in [0.1, 0.15) is 104 Å². The number of hydrogen-bond donors (Lipinski definition) is 2. The minimum atomic E-state index is -0.882. The second-order valence-corrected chi connectivity index (χ2v) is 13.2. The van der Waals surface area contributed by atoms with Crippen LogP contribution in [0.3, 0.4) is 0 Å². The molecule has 1 unspecified atom stereocenters. The summed E-state index contributed by atoms with van der Waals surface area (Å²) in [5.74, 6) is -2.59. The van der Waals surface area contributed by atoms with Crippen LogP contribution in [0.2, 0.25) is 0 Å². The van der Waals surface area contributed by atoms with Crippen molar-refractivity contribution in [3.63, 3.8) is 0 Å². The third-order valence-corrected chi connectivity index (χ3v) is 8.91. The summed E-state index contributed by atoms with van der Waals surface area (Å²) in [6, 6.07) is 5.84. The van der Waals surface area contributed by atoms with Gasteiger partial charge in [0.15, 0.2) is 0 Å². The number of nitrogens with one attached hydrogen (secondary N) is 1. The van der Waals surface area contributed by atoms with Crippen molar-refractivity contribution in [1.82, 2.24) is 5.32 Å². The van der Waals surface area contributed by atoms with Crippen LogP contribution in [0.25, 0.3) is 0 Å². The van der Waals surface area contributed by atoms with Crippen LogP contribution in [0.15, 0.2) is 69.5 Å². The SMILES string of the molecule is COC1=C(OC)C(=O)C(CCCCCCCCCCO)=C(C)C1=O.COCCOC(=O)C1=C(C)NC(C)=C(C(=O)OC(C)C)C1c1cccc([N+](=O)[O-])c1. The summed E-state index contributed by atoms with van der Waals surface area (Å²) >= 11 is 0. The standard InChI is InChI=1S/C21H26N2O7.C19H30O5/c1-12(2)30-21(25)18-14(4)22-13(3)17(20(24)29-10-9-28-5)19(18)15-7-6-8-16(11-15)23(26)27;1-14-15(12-10-8-6-4-5-7-9-11-13-20)17(22)19(24-3)18(23-2)16(14)21/h6-8,11-12,19,22H,9-10H2,1-5H3;20H,4-13H2,1-3H3. The topological polar surface area (TPSA) is 190 Å². The van der Waals surface area contributed by atoms with Gasteiger partial charge < -0.3 is 34.1 Å². The molecule has 2 aliphatic rings. The zero-order valence-corrected chi connectivity index (χ0v) is 32.8. The lowest BCUT2D eigenvalue weighted by Gasteiger charge is -2.30. The molecule has 2 N–H and O–H groups in total. The molecule has 1 atom stereocenters. The first-order chi connectivity index (χ1) is 25.7. The molecule has 1 aliphatic carbocycles. The number of aliphatic hydroxyl groups excluding tert-OH is 1. The van der Waals surface area contributed by atoms with Gasteiger partial charge in [-0.05, 0) is 59.4 Å². The lowest BCUT2D eigenvalue weighted by atomic mass is 9.80. The maximum atomic E-state index is 12.9. The van der Waals surface area contributed by atoms with Gasteiger partial charge in [0.05, 0.1) is 48.9 Å². The van der Waals surface area contributed by atoms with E-state index in [1.165, 1.54) is 58.8 Å². The van der Waals surface area contributed by atoms with Gasteiger partial charge in [0.25, 0.3) is 5.69 Å². The number of unbranched alkanes of at least 4 members (excludes halogenated alkanes) is 7. The fourth-order valence-electron chi connectivity index (χ4n) is 6.23. The van der Waals surface area contributed by atoms with Crippen LogP contribution in [0.4, 0.5) is 5.69 Å². The second kappa shape index (κ2) is 23.1. The third kappa shape index (κ3) is 12.7. The molecule has 0 amide bonds. The Balaban J connectivity index is 0.000000383. The predicted molar refractivity (Wildman–Crippen MR) is 201 cm³/mol. The van der Waals surface area contributed by atoms with Crippen molar-refractivity contribution in [2.24, 2.45) is 0 Å². The summed E-state index contributed by atoms with van der Waals surface area (Å²) in [4.78, 5) is 61.3. The van der Waals surface area contributed by atoms with Gasteiger partial charge in [0.1, 0.15) is 6.61 Å². The number of nitro benzene ring substituents is 1. The minimum Gasteiger partial charge on any atom is -0.489 e. The lowest BCUT2D eigenvalue weighted by molar-refractivity contribution is -0.384. The first-order valence-electron chi connectivity index (χ1n) is 18.3. The van der Waals surface area contributed by atoms with Crippen LogP contribution in [0, 0.1) is 10.1 Å². The molecule has 0 bridgehead atoms. The number of nitrogens with zero attached hydrogens (tertiary/aromatic N) is 1. The molecule has 3 rings (SSSR count). The highest BCUT2D eigenvalue weighted by molar-refractivity contribution is 6.23. The second-order valence-electron chi connectivity index (χ2n) is 13.2. The van der Waals surface area contributed by atoms with Crippen LogP contribution >= 0.6 is 0 Å². The Hall–Kier alpha value is -4.82. The molecule has 1 aromatic carbocycles. The Bertz CT molecular complexity index is 1640. The van der Waals surface area contributed by atoms with E-state index < -0.39 is 22.8 Å². The molecule has 0 radical (unpaired) electrons. The maximum absolute atomic E-state index is 12.9. The van der Waals surface area contributed by atoms with E-state index >= 15 is 0 Å². The molecule has 298 valence electrons. The van der Waals surface area contributed by atoms with Crippen molar-refractivity contribution >= 4 is 29.2 Å². The number of ether oxygens (including phenoxy) is 5. The number of rotatable bonds is 20. The van der Waals surface area contributed by atoms with Gasteiger partial charge in [-0.15, -0.1) is 0 Å². The summed E-state index contributed by atoms with van der Waals surface area (Å²) in [6.07, 6.45) is 8.79. The molecule has 0 spiro atoms. The number of non-ortho nitro benzene ring substituents is 1. The predicted octanol–water partition coefficient (Wildman–Crippen LogP) is 6.43. The van der Waals surface area contributed by atoms with Crippen molar-refractivity contribution in [3.05, 3.63) is 85.1 Å². The Morgan fingerprint density at radius 3 is 1.93 bits per heavy atom. The van der Waals surface area contributed by atoms with E-state index in [2.05, 4.69) is 5.32 Å². The van der Waals surface area contributed by atoms with E-state index in [1.807, 2.05) is 0 Å². The molecule has 1 heterocycles. The summed E-state index contributed by atoms with van der Waals surface area (Å²) in [7, 11) is 4.24. The van der Waals surface area contributed by atoms with Crippen molar-refractivity contribution < 1.29 is 52.9 Å². The van der Waals surface area contributed by atoms with Gasteiger partial charge in [0.2, 0.25) is 23.1 Å². The number of methoxy groups -OCH3 is 3. The lowest BCUT2D eigenvalue weighted by Crippen LogP contribution is -2.33. The number of esters is 2. The van der Waals surface area contributed by atoms with E-state index in [4.69, 9.17) is 28.8 Å². The highest BCUT2D eigenvalue weighted by Gasteiger charge is 2.39. The first-order valence-corrected chi connectivity index (χ1v) is 18.3. The van der Waals surface area contributed by atoms with Crippen molar-refractivity contribution in [2.75, 3.05) is 41.2 Å². The van der Waals surface area contributed by atoms with E-state index in [-0.39, 0.29) is 65.8 Å². The van der Waals surface area contributed by atoms with Gasteiger partial charge >= 0.3 is 11.9 Å². The van der Waals surface area contributed by atoms with Gasteiger partial charge in [0, 0.05) is 48.4 Å².